The molecule has 20 heavy (non-hydrogen) atoms. The first kappa shape index (κ1) is 15.4. The molecule has 0 heterocycles. The number of non-ortho nitro benzene ring substituents is 1. The third-order valence-corrected chi connectivity index (χ3v) is 4.82. The number of nitrogens with one attached hydrogen (secondary N) is 1. The zero-order valence-corrected chi connectivity index (χ0v) is 13.8. The molecule has 5 nitrogen and oxygen atoms in total. The van der Waals surface area contributed by atoms with E-state index in [1.807, 2.05) is 0 Å². The van der Waals surface area contributed by atoms with E-state index in [0.717, 1.165) is 24.6 Å². The quantitative estimate of drug-likeness (QED) is 0.472. The second-order valence-electron chi connectivity index (χ2n) is 4.88. The number of hydrogen-bond acceptors (Lipinski definition) is 3. The van der Waals surface area contributed by atoms with Gasteiger partial charge in [0.2, 0.25) is 0 Å². The molecule has 1 aliphatic carbocycles. The van der Waals surface area contributed by atoms with Crippen molar-refractivity contribution in [2.24, 2.45) is 5.92 Å². The van der Waals surface area contributed by atoms with Crippen molar-refractivity contribution in [3.05, 3.63) is 38.3 Å². The molecular weight excluding hydrogens is 392 g/mol. The number of amides is 1. The van der Waals surface area contributed by atoms with Crippen LogP contribution in [0.25, 0.3) is 0 Å². The lowest BCUT2D eigenvalue weighted by Crippen LogP contribution is -2.37. The molecular formula is C13H14Br2N2O3. The molecule has 1 fully saturated rings. The lowest BCUT2D eigenvalue weighted by atomic mass is 10.1. The van der Waals surface area contributed by atoms with E-state index >= 15 is 0 Å². The van der Waals surface area contributed by atoms with Gasteiger partial charge in [-0.15, -0.1) is 0 Å². The van der Waals surface area contributed by atoms with E-state index in [2.05, 4.69) is 37.2 Å². The van der Waals surface area contributed by atoms with Crippen molar-refractivity contribution in [1.82, 2.24) is 5.32 Å². The van der Waals surface area contributed by atoms with Crippen LogP contribution in [0.2, 0.25) is 0 Å². The van der Waals surface area contributed by atoms with E-state index in [1.54, 1.807) is 6.07 Å². The monoisotopic (exact) mass is 404 g/mol. The molecule has 108 valence electrons. The summed E-state index contributed by atoms with van der Waals surface area (Å²) in [5, 5.41) is 14.7. The lowest BCUT2D eigenvalue weighted by Gasteiger charge is -2.19. The highest BCUT2D eigenvalue weighted by molar-refractivity contribution is 9.10. The predicted octanol–water partition coefficient (Wildman–Crippen LogP) is 3.65. The summed E-state index contributed by atoms with van der Waals surface area (Å²) in [5.74, 6) is 0.174. The topological polar surface area (TPSA) is 72.2 Å². The van der Waals surface area contributed by atoms with Gasteiger partial charge < -0.3 is 5.32 Å². The van der Waals surface area contributed by atoms with E-state index < -0.39 is 4.92 Å². The van der Waals surface area contributed by atoms with E-state index in [0.29, 0.717) is 16.0 Å². The van der Waals surface area contributed by atoms with Crippen LogP contribution in [0.1, 0.15) is 29.6 Å². The third kappa shape index (κ3) is 3.58. The lowest BCUT2D eigenvalue weighted by molar-refractivity contribution is -0.385. The normalized spacial score (nSPS) is 21.7. The second kappa shape index (κ2) is 6.67. The van der Waals surface area contributed by atoms with Crippen LogP contribution in [0.4, 0.5) is 5.69 Å². The summed E-state index contributed by atoms with van der Waals surface area (Å²) < 4.78 is 0.528. The van der Waals surface area contributed by atoms with Crippen molar-refractivity contribution >= 4 is 43.5 Å². The molecule has 0 aromatic heterocycles. The molecule has 2 unspecified atom stereocenters. The minimum atomic E-state index is -0.502. The Morgan fingerprint density at radius 1 is 1.40 bits per heavy atom. The third-order valence-electron chi connectivity index (χ3n) is 3.53. The molecule has 0 bridgehead atoms. The van der Waals surface area contributed by atoms with Crippen LogP contribution in [-0.4, -0.2) is 22.2 Å². The first-order valence-corrected chi connectivity index (χ1v) is 8.24. The van der Waals surface area contributed by atoms with Crippen molar-refractivity contribution in [1.29, 1.82) is 0 Å². The molecule has 1 N–H and O–H groups in total. The Hall–Kier alpha value is -0.950. The highest BCUT2D eigenvalue weighted by Crippen LogP contribution is 2.28. The molecule has 0 saturated heterocycles. The van der Waals surface area contributed by atoms with Gasteiger partial charge in [0.25, 0.3) is 11.6 Å². The van der Waals surface area contributed by atoms with Crippen LogP contribution < -0.4 is 5.32 Å². The molecule has 1 aromatic carbocycles. The van der Waals surface area contributed by atoms with Crippen LogP contribution >= 0.6 is 31.9 Å². The first-order valence-electron chi connectivity index (χ1n) is 6.33. The zero-order chi connectivity index (χ0) is 14.7. The molecule has 7 heteroatoms. The summed E-state index contributed by atoms with van der Waals surface area (Å²) in [7, 11) is 0. The predicted molar refractivity (Wildman–Crippen MR) is 83.2 cm³/mol. The van der Waals surface area contributed by atoms with Gasteiger partial charge in [-0.25, -0.2) is 0 Å². The average Bonchev–Trinajstić information content (AvgIpc) is 2.85. The van der Waals surface area contributed by atoms with Gasteiger partial charge in [0.05, 0.1) is 4.92 Å². The number of alkyl halides is 1. The molecule has 1 saturated carbocycles. The van der Waals surface area contributed by atoms with Gasteiger partial charge in [-0.1, -0.05) is 38.3 Å². The Kier molecular flexibility index (Phi) is 5.15. The fourth-order valence-corrected chi connectivity index (χ4v) is 3.73. The summed E-state index contributed by atoms with van der Waals surface area (Å²) >= 11 is 6.65. The zero-order valence-electron chi connectivity index (χ0n) is 10.6. The van der Waals surface area contributed by atoms with Gasteiger partial charge in [-0.2, -0.15) is 0 Å². The maximum atomic E-state index is 12.2. The van der Waals surface area contributed by atoms with E-state index in [4.69, 9.17) is 0 Å². The number of halogens is 2. The Balaban J connectivity index is 2.15. The van der Waals surface area contributed by atoms with Crippen molar-refractivity contribution in [2.75, 3.05) is 5.33 Å². The Morgan fingerprint density at radius 2 is 2.15 bits per heavy atom. The fourth-order valence-electron chi connectivity index (χ4n) is 2.47. The standard InChI is InChI=1S/C13H14Br2N2O3/c14-7-8-2-1-3-12(8)16-13(18)9-4-10(15)6-11(5-9)17(19)20/h4-6,8,12H,1-3,7H2,(H,16,18). The summed E-state index contributed by atoms with van der Waals surface area (Å²) in [5.41, 5.74) is 0.222. The summed E-state index contributed by atoms with van der Waals surface area (Å²) in [4.78, 5) is 22.5. The molecule has 0 radical (unpaired) electrons. The number of nitrogens with zero attached hydrogens (tertiary/aromatic N) is 1. The van der Waals surface area contributed by atoms with Crippen molar-refractivity contribution in [3.8, 4) is 0 Å². The SMILES string of the molecule is O=C(NC1CCCC1CBr)c1cc(Br)cc([N+](=O)[O-])c1. The molecule has 1 aliphatic rings. The van der Waals surface area contributed by atoms with Gasteiger partial charge >= 0.3 is 0 Å². The Morgan fingerprint density at radius 3 is 2.80 bits per heavy atom. The minimum Gasteiger partial charge on any atom is -0.349 e. The van der Waals surface area contributed by atoms with Crippen LogP contribution in [0.5, 0.6) is 0 Å². The van der Waals surface area contributed by atoms with Crippen LogP contribution in [0, 0.1) is 16.0 Å². The molecule has 1 aromatic rings. The van der Waals surface area contributed by atoms with Crippen molar-refractivity contribution in [3.63, 3.8) is 0 Å². The number of hydrogen-bond donors (Lipinski definition) is 1. The summed E-state index contributed by atoms with van der Waals surface area (Å²) in [6, 6.07) is 4.42. The average molecular weight is 406 g/mol. The van der Waals surface area contributed by atoms with Crippen molar-refractivity contribution in [2.45, 2.75) is 25.3 Å². The van der Waals surface area contributed by atoms with E-state index in [1.165, 1.54) is 12.1 Å². The summed E-state index contributed by atoms with van der Waals surface area (Å²) in [6.45, 7) is 0. The molecule has 0 spiro atoms. The number of rotatable bonds is 4. The van der Waals surface area contributed by atoms with Crippen LogP contribution in [-0.2, 0) is 0 Å². The van der Waals surface area contributed by atoms with Crippen molar-refractivity contribution < 1.29 is 9.72 Å². The number of benzene rings is 1. The minimum absolute atomic E-state index is 0.0898. The smallest absolute Gasteiger partial charge is 0.271 e. The highest BCUT2D eigenvalue weighted by atomic mass is 79.9. The van der Waals surface area contributed by atoms with Crippen LogP contribution in [0.15, 0.2) is 22.7 Å². The fraction of sp³-hybridized carbons (Fsp3) is 0.462. The highest BCUT2D eigenvalue weighted by Gasteiger charge is 2.28. The molecule has 2 atom stereocenters. The largest absolute Gasteiger partial charge is 0.349 e. The molecule has 0 aliphatic heterocycles. The first-order chi connectivity index (χ1) is 9.51. The number of carbonyl (C=O) groups excluding carboxylic acids is 1. The van der Waals surface area contributed by atoms with Crippen LogP contribution in [0.3, 0.4) is 0 Å². The number of carbonyl (C=O) groups is 1. The number of nitro benzene ring substituents is 1. The van der Waals surface area contributed by atoms with Gasteiger partial charge in [0, 0.05) is 33.5 Å². The van der Waals surface area contributed by atoms with Gasteiger partial charge in [0.1, 0.15) is 0 Å². The Bertz CT molecular complexity index is 536. The summed E-state index contributed by atoms with van der Waals surface area (Å²) in [6.07, 6.45) is 3.15. The molecule has 1 amide bonds. The Labute approximate surface area is 133 Å². The molecule has 2 rings (SSSR count). The number of nitro groups is 1. The van der Waals surface area contributed by atoms with E-state index in [-0.39, 0.29) is 17.6 Å². The maximum Gasteiger partial charge on any atom is 0.271 e. The second-order valence-corrected chi connectivity index (χ2v) is 6.44. The van der Waals surface area contributed by atoms with Gasteiger partial charge in [-0.05, 0) is 24.8 Å². The maximum absolute atomic E-state index is 12.2. The van der Waals surface area contributed by atoms with Gasteiger partial charge in [0.15, 0.2) is 0 Å². The van der Waals surface area contributed by atoms with Gasteiger partial charge in [-0.3, -0.25) is 14.9 Å². The van der Waals surface area contributed by atoms with E-state index in [9.17, 15) is 14.9 Å².